The molecule has 0 spiro atoms. The number of fused-ring (bicyclic) bond motifs is 1. The second kappa shape index (κ2) is 5.05. The Kier molecular flexibility index (Phi) is 3.25. The first kappa shape index (κ1) is 12.2. The van der Waals surface area contributed by atoms with Crippen molar-refractivity contribution >= 4 is 21.6 Å². The van der Waals surface area contributed by atoms with Gasteiger partial charge in [-0.1, -0.05) is 34.1 Å². The van der Waals surface area contributed by atoms with Gasteiger partial charge in [-0.2, -0.15) is 0 Å². The third kappa shape index (κ3) is 2.63. The molecule has 0 unspecified atom stereocenters. The van der Waals surface area contributed by atoms with Gasteiger partial charge < -0.3 is 9.14 Å². The van der Waals surface area contributed by atoms with Gasteiger partial charge in [0.05, 0.1) is 5.69 Å². The van der Waals surface area contributed by atoms with Crippen molar-refractivity contribution in [3.05, 3.63) is 64.5 Å². The summed E-state index contributed by atoms with van der Waals surface area (Å²) in [6.45, 7) is 2.51. The van der Waals surface area contributed by atoms with Crippen LogP contribution in [0.2, 0.25) is 0 Å². The van der Waals surface area contributed by atoms with Crippen LogP contribution in [0.3, 0.4) is 0 Å². The van der Waals surface area contributed by atoms with E-state index in [4.69, 9.17) is 4.74 Å². The van der Waals surface area contributed by atoms with Crippen LogP contribution in [0.1, 0.15) is 11.3 Å². The van der Waals surface area contributed by atoms with Crippen molar-refractivity contribution in [1.82, 2.24) is 9.38 Å². The van der Waals surface area contributed by atoms with E-state index in [2.05, 4.69) is 20.9 Å². The van der Waals surface area contributed by atoms with Crippen molar-refractivity contribution in [3.8, 4) is 5.75 Å². The van der Waals surface area contributed by atoms with E-state index < -0.39 is 0 Å². The Morgan fingerprint density at radius 2 is 2.11 bits per heavy atom. The van der Waals surface area contributed by atoms with Gasteiger partial charge in [-0.05, 0) is 30.7 Å². The van der Waals surface area contributed by atoms with Crippen molar-refractivity contribution in [2.45, 2.75) is 13.5 Å². The first-order valence-electron chi connectivity index (χ1n) is 6.04. The van der Waals surface area contributed by atoms with Gasteiger partial charge in [-0.3, -0.25) is 0 Å². The van der Waals surface area contributed by atoms with E-state index in [-0.39, 0.29) is 0 Å². The molecule has 0 aliphatic carbocycles. The maximum absolute atomic E-state index is 5.80. The minimum Gasteiger partial charge on any atom is -0.487 e. The zero-order chi connectivity index (χ0) is 13.2. The maximum atomic E-state index is 5.80. The molecule has 0 atom stereocenters. The first-order chi connectivity index (χ1) is 9.22. The van der Waals surface area contributed by atoms with Crippen LogP contribution in [-0.4, -0.2) is 9.38 Å². The fourth-order valence-corrected chi connectivity index (χ4v) is 2.27. The Morgan fingerprint density at radius 3 is 2.95 bits per heavy atom. The summed E-state index contributed by atoms with van der Waals surface area (Å²) in [6.07, 6.45) is 3.96. The topological polar surface area (TPSA) is 26.5 Å². The van der Waals surface area contributed by atoms with Crippen LogP contribution >= 0.6 is 15.9 Å². The highest BCUT2D eigenvalue weighted by Gasteiger charge is 2.04. The number of imidazole rings is 1. The molecule has 0 aliphatic rings. The van der Waals surface area contributed by atoms with E-state index in [0.29, 0.717) is 6.61 Å². The van der Waals surface area contributed by atoms with Gasteiger partial charge in [0.15, 0.2) is 0 Å². The molecule has 2 heterocycles. The molecule has 3 aromatic rings. The van der Waals surface area contributed by atoms with Gasteiger partial charge in [0.1, 0.15) is 18.0 Å². The summed E-state index contributed by atoms with van der Waals surface area (Å²) in [5.74, 6) is 0.903. The zero-order valence-electron chi connectivity index (χ0n) is 10.5. The molecule has 3 nitrogen and oxygen atoms in total. The molecule has 19 heavy (non-hydrogen) atoms. The van der Waals surface area contributed by atoms with Crippen LogP contribution in [0.25, 0.3) is 5.65 Å². The van der Waals surface area contributed by atoms with Crippen LogP contribution in [-0.2, 0) is 6.61 Å². The molecule has 1 aromatic carbocycles. The lowest BCUT2D eigenvalue weighted by atomic mass is 10.2. The first-order valence-corrected chi connectivity index (χ1v) is 6.83. The largest absolute Gasteiger partial charge is 0.487 e. The number of ether oxygens (including phenoxy) is 1. The summed E-state index contributed by atoms with van der Waals surface area (Å²) in [5, 5.41) is 0. The van der Waals surface area contributed by atoms with Crippen molar-refractivity contribution in [2.24, 2.45) is 0 Å². The number of nitrogens with zero attached hydrogens (tertiary/aromatic N) is 2. The standard InChI is InChI=1S/C15H13BrN2O/c1-11-4-2-3-5-14(11)19-10-13-9-18-7-6-12(16)8-15(18)17-13/h2-9H,10H2,1H3. The minimum absolute atomic E-state index is 0.476. The molecule has 0 radical (unpaired) electrons. The number of rotatable bonds is 3. The third-order valence-corrected chi connectivity index (χ3v) is 3.43. The monoisotopic (exact) mass is 316 g/mol. The highest BCUT2D eigenvalue weighted by molar-refractivity contribution is 9.10. The van der Waals surface area contributed by atoms with Crippen molar-refractivity contribution in [3.63, 3.8) is 0 Å². The van der Waals surface area contributed by atoms with Crippen LogP contribution in [0, 0.1) is 6.92 Å². The number of para-hydroxylation sites is 1. The van der Waals surface area contributed by atoms with E-state index in [9.17, 15) is 0 Å². The highest BCUT2D eigenvalue weighted by atomic mass is 79.9. The average Bonchev–Trinajstić information content (AvgIpc) is 2.79. The average molecular weight is 317 g/mol. The van der Waals surface area contributed by atoms with Gasteiger partial charge in [0.25, 0.3) is 0 Å². The molecule has 0 amide bonds. The maximum Gasteiger partial charge on any atom is 0.138 e. The fraction of sp³-hybridized carbons (Fsp3) is 0.133. The van der Waals surface area contributed by atoms with E-state index >= 15 is 0 Å². The van der Waals surface area contributed by atoms with E-state index in [0.717, 1.165) is 27.1 Å². The smallest absolute Gasteiger partial charge is 0.138 e. The molecular weight excluding hydrogens is 304 g/mol. The quantitative estimate of drug-likeness (QED) is 0.730. The second-order valence-electron chi connectivity index (χ2n) is 4.40. The molecule has 3 rings (SSSR count). The molecule has 0 saturated heterocycles. The predicted molar refractivity (Wildman–Crippen MR) is 78.4 cm³/mol. The second-order valence-corrected chi connectivity index (χ2v) is 5.31. The Morgan fingerprint density at radius 1 is 1.26 bits per heavy atom. The van der Waals surface area contributed by atoms with E-state index in [1.807, 2.05) is 60.1 Å². The summed E-state index contributed by atoms with van der Waals surface area (Å²) in [5.41, 5.74) is 2.97. The Labute approximate surface area is 120 Å². The molecule has 96 valence electrons. The van der Waals surface area contributed by atoms with E-state index in [1.54, 1.807) is 0 Å². The van der Waals surface area contributed by atoms with Crippen molar-refractivity contribution in [2.75, 3.05) is 0 Å². The SMILES string of the molecule is Cc1ccccc1OCc1cn2ccc(Br)cc2n1. The lowest BCUT2D eigenvalue weighted by Gasteiger charge is -2.06. The molecule has 0 N–H and O–H groups in total. The number of hydrogen-bond donors (Lipinski definition) is 0. The normalized spacial score (nSPS) is 10.8. The van der Waals surface area contributed by atoms with Gasteiger partial charge in [0.2, 0.25) is 0 Å². The van der Waals surface area contributed by atoms with Crippen LogP contribution < -0.4 is 4.74 Å². The Balaban J connectivity index is 1.80. The number of aryl methyl sites for hydroxylation is 1. The van der Waals surface area contributed by atoms with Gasteiger partial charge in [0, 0.05) is 16.9 Å². The Hall–Kier alpha value is -1.81. The number of hydrogen-bond acceptors (Lipinski definition) is 2. The summed E-state index contributed by atoms with van der Waals surface area (Å²) in [7, 11) is 0. The van der Waals surface area contributed by atoms with Crippen molar-refractivity contribution in [1.29, 1.82) is 0 Å². The number of pyridine rings is 1. The molecular formula is C15H13BrN2O. The number of halogens is 1. The molecule has 0 saturated carbocycles. The minimum atomic E-state index is 0.476. The van der Waals surface area contributed by atoms with Crippen LogP contribution in [0.15, 0.2) is 53.3 Å². The van der Waals surface area contributed by atoms with Gasteiger partial charge in [-0.25, -0.2) is 4.98 Å². The molecule has 2 aromatic heterocycles. The van der Waals surface area contributed by atoms with Gasteiger partial charge in [-0.15, -0.1) is 0 Å². The number of benzene rings is 1. The summed E-state index contributed by atoms with van der Waals surface area (Å²) in [4.78, 5) is 4.53. The summed E-state index contributed by atoms with van der Waals surface area (Å²) >= 11 is 3.44. The van der Waals surface area contributed by atoms with Gasteiger partial charge >= 0.3 is 0 Å². The molecule has 4 heteroatoms. The van der Waals surface area contributed by atoms with Crippen LogP contribution in [0.4, 0.5) is 0 Å². The van der Waals surface area contributed by atoms with Crippen LogP contribution in [0.5, 0.6) is 5.75 Å². The summed E-state index contributed by atoms with van der Waals surface area (Å²) in [6, 6.07) is 12.0. The highest BCUT2D eigenvalue weighted by Crippen LogP contribution is 2.18. The molecule has 0 bridgehead atoms. The molecule has 0 fully saturated rings. The van der Waals surface area contributed by atoms with Crippen molar-refractivity contribution < 1.29 is 4.74 Å². The zero-order valence-corrected chi connectivity index (χ0v) is 12.1. The summed E-state index contributed by atoms with van der Waals surface area (Å²) < 4.78 is 8.81. The lowest BCUT2D eigenvalue weighted by molar-refractivity contribution is 0.300. The predicted octanol–water partition coefficient (Wildman–Crippen LogP) is 3.98. The Bertz CT molecular complexity index is 721. The third-order valence-electron chi connectivity index (χ3n) is 2.94. The fourth-order valence-electron chi connectivity index (χ4n) is 1.95. The number of aromatic nitrogens is 2. The lowest BCUT2D eigenvalue weighted by Crippen LogP contribution is -1.96. The molecule has 0 aliphatic heterocycles. The van der Waals surface area contributed by atoms with E-state index in [1.165, 1.54) is 0 Å².